The number of carbonyl (C=O) groups is 1. The number of hydrogen-bond acceptors (Lipinski definition) is 4. The van der Waals surface area contributed by atoms with Gasteiger partial charge in [0.1, 0.15) is 5.75 Å². The molecule has 0 amide bonds. The molecule has 0 bridgehead atoms. The molecule has 6 heteroatoms. The molecule has 0 saturated carbocycles. The van der Waals surface area contributed by atoms with E-state index in [1.54, 1.807) is 13.8 Å². The second-order valence-corrected chi connectivity index (χ2v) is 4.21. The van der Waals surface area contributed by atoms with E-state index in [4.69, 9.17) is 16.3 Å². The fourth-order valence-electron chi connectivity index (χ4n) is 1.24. The van der Waals surface area contributed by atoms with Crippen LogP contribution < -0.4 is 4.74 Å². The Morgan fingerprint density at radius 2 is 1.88 bits per heavy atom. The SMILES string of the molecule is CC(C)C(Oc1ccc([N+](=O)[O-])cc1)C(=O)Cl. The second kappa shape index (κ2) is 5.63. The third-order valence-electron chi connectivity index (χ3n) is 2.14. The maximum Gasteiger partial charge on any atom is 0.269 e. The molecule has 0 aliphatic rings. The predicted molar refractivity (Wildman–Crippen MR) is 63.2 cm³/mol. The number of nitro groups is 1. The van der Waals surface area contributed by atoms with Crippen molar-refractivity contribution in [2.75, 3.05) is 0 Å². The van der Waals surface area contributed by atoms with Crippen molar-refractivity contribution in [2.45, 2.75) is 20.0 Å². The lowest BCUT2D eigenvalue weighted by Crippen LogP contribution is -2.29. The summed E-state index contributed by atoms with van der Waals surface area (Å²) in [5.41, 5.74) is -0.0318. The molecule has 1 unspecified atom stereocenters. The first-order chi connectivity index (χ1) is 7.91. The van der Waals surface area contributed by atoms with Crippen LogP contribution in [0, 0.1) is 16.0 Å². The summed E-state index contributed by atoms with van der Waals surface area (Å²) >= 11 is 5.40. The van der Waals surface area contributed by atoms with E-state index in [1.165, 1.54) is 24.3 Å². The van der Waals surface area contributed by atoms with Crippen LogP contribution in [0.2, 0.25) is 0 Å². The van der Waals surface area contributed by atoms with E-state index >= 15 is 0 Å². The van der Waals surface area contributed by atoms with Crippen LogP contribution in [0.1, 0.15) is 13.8 Å². The first kappa shape index (κ1) is 13.4. The van der Waals surface area contributed by atoms with Crippen LogP contribution in [-0.4, -0.2) is 16.3 Å². The average molecular weight is 258 g/mol. The third kappa shape index (κ3) is 3.71. The number of non-ortho nitro benzene ring substituents is 1. The minimum absolute atomic E-state index is 0.0318. The maximum absolute atomic E-state index is 11.1. The van der Waals surface area contributed by atoms with Gasteiger partial charge in [-0.05, 0) is 29.7 Å². The predicted octanol–water partition coefficient (Wildman–Crippen LogP) is 2.76. The van der Waals surface area contributed by atoms with E-state index in [9.17, 15) is 14.9 Å². The fourth-order valence-corrected chi connectivity index (χ4v) is 1.53. The molecule has 0 aliphatic heterocycles. The quantitative estimate of drug-likeness (QED) is 0.462. The van der Waals surface area contributed by atoms with Crippen LogP contribution in [0.5, 0.6) is 5.75 Å². The van der Waals surface area contributed by atoms with Crippen molar-refractivity contribution >= 4 is 22.5 Å². The highest BCUT2D eigenvalue weighted by atomic mass is 35.5. The van der Waals surface area contributed by atoms with E-state index in [-0.39, 0.29) is 11.6 Å². The first-order valence-corrected chi connectivity index (χ1v) is 5.40. The van der Waals surface area contributed by atoms with Gasteiger partial charge in [0.2, 0.25) is 0 Å². The largest absolute Gasteiger partial charge is 0.481 e. The molecule has 0 spiro atoms. The molecule has 1 atom stereocenters. The van der Waals surface area contributed by atoms with Crippen LogP contribution in [0.3, 0.4) is 0 Å². The molecule has 0 N–H and O–H groups in total. The zero-order valence-corrected chi connectivity index (χ0v) is 10.2. The van der Waals surface area contributed by atoms with E-state index < -0.39 is 16.3 Å². The Labute approximate surface area is 103 Å². The monoisotopic (exact) mass is 257 g/mol. The van der Waals surface area contributed by atoms with Gasteiger partial charge < -0.3 is 4.74 Å². The lowest BCUT2D eigenvalue weighted by atomic mass is 10.1. The summed E-state index contributed by atoms with van der Waals surface area (Å²) in [7, 11) is 0. The smallest absolute Gasteiger partial charge is 0.269 e. The van der Waals surface area contributed by atoms with Crippen LogP contribution in [-0.2, 0) is 4.79 Å². The van der Waals surface area contributed by atoms with Crippen LogP contribution in [0.25, 0.3) is 0 Å². The molecule has 0 aromatic heterocycles. The van der Waals surface area contributed by atoms with Crippen LogP contribution in [0.4, 0.5) is 5.69 Å². The maximum atomic E-state index is 11.1. The Kier molecular flexibility index (Phi) is 4.45. The summed E-state index contributed by atoms with van der Waals surface area (Å²) in [5, 5.41) is 9.86. The average Bonchev–Trinajstić information content (AvgIpc) is 2.25. The van der Waals surface area contributed by atoms with Gasteiger partial charge >= 0.3 is 0 Å². The molecule has 5 nitrogen and oxygen atoms in total. The Balaban J connectivity index is 2.80. The summed E-state index contributed by atoms with van der Waals surface area (Å²) in [6.07, 6.45) is -0.752. The molecular weight excluding hydrogens is 246 g/mol. The highest BCUT2D eigenvalue weighted by molar-refractivity contribution is 6.64. The molecule has 92 valence electrons. The molecule has 0 heterocycles. The van der Waals surface area contributed by atoms with Crippen molar-refractivity contribution in [1.82, 2.24) is 0 Å². The van der Waals surface area contributed by atoms with Crippen LogP contribution in [0.15, 0.2) is 24.3 Å². The van der Waals surface area contributed by atoms with Gasteiger partial charge in [0.25, 0.3) is 10.9 Å². The molecular formula is C11H12ClNO4. The standard InChI is InChI=1S/C11H12ClNO4/c1-7(2)10(11(12)14)17-9-5-3-8(4-6-9)13(15)16/h3-7,10H,1-2H3. The van der Waals surface area contributed by atoms with E-state index in [1.807, 2.05) is 0 Å². The lowest BCUT2D eigenvalue weighted by Gasteiger charge is -2.18. The number of ether oxygens (including phenoxy) is 1. The van der Waals surface area contributed by atoms with Gasteiger partial charge in [-0.15, -0.1) is 0 Å². The molecule has 17 heavy (non-hydrogen) atoms. The second-order valence-electron chi connectivity index (χ2n) is 3.84. The Hall–Kier alpha value is -1.62. The van der Waals surface area contributed by atoms with Gasteiger partial charge in [0.05, 0.1) is 4.92 Å². The highest BCUT2D eigenvalue weighted by Gasteiger charge is 2.22. The topological polar surface area (TPSA) is 69.4 Å². The molecule has 0 saturated heterocycles. The van der Waals surface area contributed by atoms with E-state index in [0.717, 1.165) is 0 Å². The van der Waals surface area contributed by atoms with Crippen molar-refractivity contribution < 1.29 is 14.5 Å². The molecule has 0 radical (unpaired) electrons. The fraction of sp³-hybridized carbons (Fsp3) is 0.364. The normalized spacial score (nSPS) is 12.2. The number of halogens is 1. The van der Waals surface area contributed by atoms with Crippen molar-refractivity contribution in [1.29, 1.82) is 0 Å². The summed E-state index contributed by atoms with van der Waals surface area (Å²) in [6.45, 7) is 3.60. The van der Waals surface area contributed by atoms with Crippen molar-refractivity contribution in [3.05, 3.63) is 34.4 Å². The van der Waals surface area contributed by atoms with E-state index in [0.29, 0.717) is 5.75 Å². The number of nitrogens with zero attached hydrogens (tertiary/aromatic N) is 1. The number of hydrogen-bond donors (Lipinski definition) is 0. The third-order valence-corrected chi connectivity index (χ3v) is 2.35. The van der Waals surface area contributed by atoms with Gasteiger partial charge in [-0.1, -0.05) is 13.8 Å². The lowest BCUT2D eigenvalue weighted by molar-refractivity contribution is -0.384. The van der Waals surface area contributed by atoms with Crippen molar-refractivity contribution in [3.63, 3.8) is 0 Å². The minimum atomic E-state index is -0.752. The van der Waals surface area contributed by atoms with Crippen molar-refractivity contribution in [2.24, 2.45) is 5.92 Å². The minimum Gasteiger partial charge on any atom is -0.481 e. The summed E-state index contributed by atoms with van der Waals surface area (Å²) in [6, 6.07) is 5.50. The number of benzene rings is 1. The van der Waals surface area contributed by atoms with Gasteiger partial charge in [-0.3, -0.25) is 14.9 Å². The zero-order chi connectivity index (χ0) is 13.0. The summed E-state index contributed by atoms with van der Waals surface area (Å²) < 4.78 is 5.37. The molecule has 0 aliphatic carbocycles. The Bertz CT molecular complexity index is 416. The van der Waals surface area contributed by atoms with Crippen molar-refractivity contribution in [3.8, 4) is 5.75 Å². The molecule has 1 aromatic carbocycles. The Morgan fingerprint density at radius 3 is 2.24 bits per heavy atom. The number of rotatable bonds is 5. The van der Waals surface area contributed by atoms with Gasteiger partial charge in [0.15, 0.2) is 6.10 Å². The number of nitro benzene ring substituents is 1. The highest BCUT2D eigenvalue weighted by Crippen LogP contribution is 2.21. The summed E-state index contributed by atoms with van der Waals surface area (Å²) in [5.74, 6) is 0.304. The van der Waals surface area contributed by atoms with Gasteiger partial charge in [-0.2, -0.15) is 0 Å². The zero-order valence-electron chi connectivity index (χ0n) is 9.42. The van der Waals surface area contributed by atoms with Gasteiger partial charge in [-0.25, -0.2) is 0 Å². The summed E-state index contributed by atoms with van der Waals surface area (Å²) in [4.78, 5) is 21.0. The van der Waals surface area contributed by atoms with Gasteiger partial charge in [0, 0.05) is 12.1 Å². The molecule has 0 fully saturated rings. The Morgan fingerprint density at radius 1 is 1.35 bits per heavy atom. The first-order valence-electron chi connectivity index (χ1n) is 5.02. The van der Waals surface area contributed by atoms with Crippen LogP contribution >= 0.6 is 11.6 Å². The number of carbonyl (C=O) groups excluding carboxylic acids is 1. The van der Waals surface area contributed by atoms with E-state index in [2.05, 4.69) is 0 Å². The molecule has 1 aromatic rings. The molecule has 1 rings (SSSR count).